The number of hydrogen-bond acceptors (Lipinski definition) is 4. The first kappa shape index (κ1) is 19.5. The zero-order valence-electron chi connectivity index (χ0n) is 16.7. The third-order valence-corrected chi connectivity index (χ3v) is 4.45. The van der Waals surface area contributed by atoms with Crippen LogP contribution in [0.25, 0.3) is 0 Å². The fraction of sp³-hybridized carbons (Fsp3) is 0.261. The Labute approximate surface area is 166 Å². The molecule has 3 rings (SSSR count). The van der Waals surface area contributed by atoms with Crippen molar-refractivity contribution < 1.29 is 9.53 Å². The van der Waals surface area contributed by atoms with Gasteiger partial charge in [0.2, 0.25) is 5.88 Å². The number of amides is 1. The van der Waals surface area contributed by atoms with E-state index < -0.39 is 0 Å². The lowest BCUT2D eigenvalue weighted by Gasteiger charge is -2.20. The second-order valence-electron chi connectivity index (χ2n) is 7.52. The minimum absolute atomic E-state index is 0.0955. The number of ether oxygens (including phenoxy) is 1. The van der Waals surface area contributed by atoms with E-state index in [0.29, 0.717) is 23.7 Å². The second kappa shape index (κ2) is 8.21. The Kier molecular flexibility index (Phi) is 5.73. The van der Waals surface area contributed by atoms with Gasteiger partial charge < -0.3 is 9.64 Å². The average Bonchev–Trinajstić information content (AvgIpc) is 2.69. The number of pyridine rings is 2. The monoisotopic (exact) mass is 375 g/mol. The van der Waals surface area contributed by atoms with E-state index in [2.05, 4.69) is 42.9 Å². The summed E-state index contributed by atoms with van der Waals surface area (Å²) < 4.78 is 5.81. The highest BCUT2D eigenvalue weighted by Crippen LogP contribution is 2.26. The Morgan fingerprint density at radius 2 is 1.79 bits per heavy atom. The molecule has 28 heavy (non-hydrogen) atoms. The number of nitrogens with zero attached hydrogens (tertiary/aromatic N) is 3. The first-order valence-electron chi connectivity index (χ1n) is 9.35. The molecule has 1 amide bonds. The summed E-state index contributed by atoms with van der Waals surface area (Å²) >= 11 is 0. The van der Waals surface area contributed by atoms with Crippen LogP contribution in [0.15, 0.2) is 67.1 Å². The molecule has 1 aromatic carbocycles. The smallest absolute Gasteiger partial charge is 0.259 e. The largest absolute Gasteiger partial charge is 0.439 e. The Hall–Kier alpha value is -3.21. The van der Waals surface area contributed by atoms with Gasteiger partial charge in [-0.1, -0.05) is 32.9 Å². The first-order chi connectivity index (χ1) is 13.4. The zero-order valence-corrected chi connectivity index (χ0v) is 16.7. The molecule has 144 valence electrons. The Morgan fingerprint density at radius 1 is 1.04 bits per heavy atom. The normalized spacial score (nSPS) is 11.1. The number of benzene rings is 1. The molecule has 0 aliphatic heterocycles. The zero-order chi connectivity index (χ0) is 20.1. The molecular formula is C23H25N3O2. The summed E-state index contributed by atoms with van der Waals surface area (Å²) in [7, 11) is 0. The second-order valence-corrected chi connectivity index (χ2v) is 7.52. The van der Waals surface area contributed by atoms with Gasteiger partial charge in [0.05, 0.1) is 17.4 Å². The maximum atomic E-state index is 12.8. The van der Waals surface area contributed by atoms with E-state index in [9.17, 15) is 4.79 Å². The molecule has 0 N–H and O–H groups in total. The topological polar surface area (TPSA) is 55.3 Å². The molecule has 0 unspecified atom stereocenters. The van der Waals surface area contributed by atoms with Crippen molar-refractivity contribution in [2.45, 2.75) is 33.1 Å². The lowest BCUT2D eigenvalue weighted by Crippen LogP contribution is -2.30. The van der Waals surface area contributed by atoms with Crippen molar-refractivity contribution in [1.82, 2.24) is 9.97 Å². The summed E-state index contributed by atoms with van der Waals surface area (Å²) in [5, 5.41) is 0. The van der Waals surface area contributed by atoms with Crippen molar-refractivity contribution in [2.75, 3.05) is 11.4 Å². The van der Waals surface area contributed by atoms with E-state index in [1.165, 1.54) is 5.56 Å². The SMILES string of the molecule is CCN(C(=O)c1ccc(Oc2ccc(C(C)(C)C)cc2)nc1)c1cccnc1. The van der Waals surface area contributed by atoms with Crippen LogP contribution in [0.1, 0.15) is 43.6 Å². The number of anilines is 1. The van der Waals surface area contributed by atoms with Crippen LogP contribution >= 0.6 is 0 Å². The van der Waals surface area contributed by atoms with Crippen LogP contribution in [-0.4, -0.2) is 22.4 Å². The van der Waals surface area contributed by atoms with E-state index >= 15 is 0 Å². The molecule has 2 aromatic heterocycles. The van der Waals surface area contributed by atoms with Crippen LogP contribution in [0.4, 0.5) is 5.69 Å². The van der Waals surface area contributed by atoms with Gasteiger partial charge in [-0.25, -0.2) is 4.98 Å². The summed E-state index contributed by atoms with van der Waals surface area (Å²) in [4.78, 5) is 22.8. The lowest BCUT2D eigenvalue weighted by atomic mass is 9.87. The summed E-state index contributed by atoms with van der Waals surface area (Å²) in [6.45, 7) is 8.99. The summed E-state index contributed by atoms with van der Waals surface area (Å²) in [6, 6.07) is 15.1. The maximum Gasteiger partial charge on any atom is 0.259 e. The van der Waals surface area contributed by atoms with E-state index in [4.69, 9.17) is 4.74 Å². The molecule has 0 fully saturated rings. The fourth-order valence-corrected chi connectivity index (χ4v) is 2.82. The first-order valence-corrected chi connectivity index (χ1v) is 9.35. The number of carbonyl (C=O) groups excluding carboxylic acids is 1. The molecule has 0 atom stereocenters. The molecule has 0 saturated carbocycles. The maximum absolute atomic E-state index is 12.8. The molecule has 2 heterocycles. The molecule has 5 heteroatoms. The number of rotatable bonds is 5. The van der Waals surface area contributed by atoms with Crippen LogP contribution in [0, 0.1) is 0 Å². The quantitative estimate of drug-likeness (QED) is 0.612. The minimum atomic E-state index is -0.121. The van der Waals surface area contributed by atoms with Crippen LogP contribution in [0.2, 0.25) is 0 Å². The van der Waals surface area contributed by atoms with Gasteiger partial charge in [-0.3, -0.25) is 9.78 Å². The van der Waals surface area contributed by atoms with E-state index in [1.807, 2.05) is 31.2 Å². The molecule has 3 aromatic rings. The van der Waals surface area contributed by atoms with Crippen LogP contribution in [-0.2, 0) is 5.41 Å². The summed E-state index contributed by atoms with van der Waals surface area (Å²) in [5.41, 5.74) is 2.59. The summed E-state index contributed by atoms with van der Waals surface area (Å²) in [5.74, 6) is 1.04. The minimum Gasteiger partial charge on any atom is -0.439 e. The van der Waals surface area contributed by atoms with Gasteiger partial charge in [0.1, 0.15) is 5.75 Å². The molecule has 0 saturated heterocycles. The standard InChI is InChI=1S/C23H25N3O2/c1-5-26(19-7-6-14-24-16-19)22(27)17-8-13-21(25-15-17)28-20-11-9-18(10-12-20)23(2,3)4/h6-16H,5H2,1-4H3. The van der Waals surface area contributed by atoms with Crippen molar-refractivity contribution in [3.05, 3.63) is 78.2 Å². The van der Waals surface area contributed by atoms with Gasteiger partial charge in [0, 0.05) is 25.0 Å². The van der Waals surface area contributed by atoms with Crippen molar-refractivity contribution in [3.63, 3.8) is 0 Å². The van der Waals surface area contributed by atoms with Gasteiger partial charge >= 0.3 is 0 Å². The van der Waals surface area contributed by atoms with Crippen molar-refractivity contribution >= 4 is 11.6 Å². The van der Waals surface area contributed by atoms with Crippen LogP contribution < -0.4 is 9.64 Å². The fourth-order valence-electron chi connectivity index (χ4n) is 2.82. The van der Waals surface area contributed by atoms with Crippen LogP contribution in [0.5, 0.6) is 11.6 Å². The molecular weight excluding hydrogens is 350 g/mol. The van der Waals surface area contributed by atoms with Gasteiger partial charge in [0.25, 0.3) is 5.91 Å². The highest BCUT2D eigenvalue weighted by molar-refractivity contribution is 6.05. The molecule has 5 nitrogen and oxygen atoms in total. The molecule has 0 aliphatic rings. The van der Waals surface area contributed by atoms with E-state index in [-0.39, 0.29) is 11.3 Å². The molecule has 0 radical (unpaired) electrons. The number of hydrogen-bond donors (Lipinski definition) is 0. The predicted octanol–water partition coefficient (Wildman–Crippen LogP) is 5.23. The average molecular weight is 375 g/mol. The predicted molar refractivity (Wildman–Crippen MR) is 111 cm³/mol. The summed E-state index contributed by atoms with van der Waals surface area (Å²) in [6.07, 6.45) is 4.90. The molecule has 0 bridgehead atoms. The highest BCUT2D eigenvalue weighted by atomic mass is 16.5. The highest BCUT2D eigenvalue weighted by Gasteiger charge is 2.17. The van der Waals surface area contributed by atoms with E-state index in [0.717, 1.165) is 5.69 Å². The van der Waals surface area contributed by atoms with Crippen molar-refractivity contribution in [1.29, 1.82) is 0 Å². The Bertz CT molecular complexity index is 915. The Morgan fingerprint density at radius 3 is 2.32 bits per heavy atom. The van der Waals surface area contributed by atoms with Crippen molar-refractivity contribution in [3.8, 4) is 11.6 Å². The number of carbonyl (C=O) groups is 1. The third kappa shape index (κ3) is 4.55. The molecule has 0 spiro atoms. The van der Waals surface area contributed by atoms with Gasteiger partial charge in [-0.2, -0.15) is 0 Å². The Balaban J connectivity index is 1.71. The van der Waals surface area contributed by atoms with Gasteiger partial charge in [-0.15, -0.1) is 0 Å². The van der Waals surface area contributed by atoms with Gasteiger partial charge in [-0.05, 0) is 48.2 Å². The molecule has 0 aliphatic carbocycles. The third-order valence-electron chi connectivity index (χ3n) is 4.45. The number of aromatic nitrogens is 2. The van der Waals surface area contributed by atoms with Crippen molar-refractivity contribution in [2.24, 2.45) is 0 Å². The van der Waals surface area contributed by atoms with E-state index in [1.54, 1.807) is 35.6 Å². The lowest BCUT2D eigenvalue weighted by molar-refractivity contribution is 0.0988. The van der Waals surface area contributed by atoms with Gasteiger partial charge in [0.15, 0.2) is 0 Å². The van der Waals surface area contributed by atoms with Crippen LogP contribution in [0.3, 0.4) is 0 Å².